The SMILES string of the molecule is Fc1ccc(F)c(SC2CCCCNC2)c1. The van der Waals surface area contributed by atoms with Gasteiger partial charge in [0.15, 0.2) is 0 Å². The highest BCUT2D eigenvalue weighted by Gasteiger charge is 2.15. The number of hydrogen-bond acceptors (Lipinski definition) is 2. The molecular weight excluding hydrogens is 228 g/mol. The zero-order valence-electron chi connectivity index (χ0n) is 9.01. The topological polar surface area (TPSA) is 12.0 Å². The fraction of sp³-hybridized carbons (Fsp3) is 0.500. The molecule has 88 valence electrons. The van der Waals surface area contributed by atoms with Crippen LogP contribution in [0.4, 0.5) is 8.78 Å². The zero-order chi connectivity index (χ0) is 11.4. The quantitative estimate of drug-likeness (QED) is 0.856. The first-order valence-electron chi connectivity index (χ1n) is 5.58. The Labute approximate surface area is 98.6 Å². The fourth-order valence-corrected chi connectivity index (χ4v) is 3.04. The zero-order valence-corrected chi connectivity index (χ0v) is 9.83. The first kappa shape index (κ1) is 11.9. The normalized spacial score (nSPS) is 21.8. The van der Waals surface area contributed by atoms with Gasteiger partial charge in [-0.05, 0) is 37.6 Å². The van der Waals surface area contributed by atoms with Crippen LogP contribution in [0.2, 0.25) is 0 Å². The standard InChI is InChI=1S/C12H15F2NS/c13-9-4-5-11(14)12(7-9)16-10-3-1-2-6-15-8-10/h4-5,7,10,15H,1-3,6,8H2. The lowest BCUT2D eigenvalue weighted by molar-refractivity contribution is 0.576. The number of rotatable bonds is 2. The van der Waals surface area contributed by atoms with Crippen molar-refractivity contribution >= 4 is 11.8 Å². The van der Waals surface area contributed by atoms with Crippen LogP contribution in [0.15, 0.2) is 23.1 Å². The number of benzene rings is 1. The van der Waals surface area contributed by atoms with Gasteiger partial charge in [-0.1, -0.05) is 6.42 Å². The highest BCUT2D eigenvalue weighted by atomic mass is 32.2. The van der Waals surface area contributed by atoms with Gasteiger partial charge in [0.2, 0.25) is 0 Å². The van der Waals surface area contributed by atoms with Crippen LogP contribution in [0.3, 0.4) is 0 Å². The summed E-state index contributed by atoms with van der Waals surface area (Å²) in [6.45, 7) is 1.91. The minimum absolute atomic E-state index is 0.323. The summed E-state index contributed by atoms with van der Waals surface area (Å²) in [5.74, 6) is -0.693. The predicted octanol–water partition coefficient (Wildman–Crippen LogP) is 3.20. The van der Waals surface area contributed by atoms with Gasteiger partial charge in [-0.3, -0.25) is 0 Å². The van der Waals surface area contributed by atoms with Gasteiger partial charge in [0.05, 0.1) is 0 Å². The first-order chi connectivity index (χ1) is 7.75. The summed E-state index contributed by atoms with van der Waals surface area (Å²) in [6.07, 6.45) is 3.39. The van der Waals surface area contributed by atoms with Crippen molar-refractivity contribution in [2.75, 3.05) is 13.1 Å². The lowest BCUT2D eigenvalue weighted by Crippen LogP contribution is -2.22. The number of halogens is 2. The molecule has 0 spiro atoms. The highest BCUT2D eigenvalue weighted by molar-refractivity contribution is 8.00. The Hall–Kier alpha value is -0.610. The van der Waals surface area contributed by atoms with Crippen molar-refractivity contribution in [3.8, 4) is 0 Å². The summed E-state index contributed by atoms with van der Waals surface area (Å²) in [6, 6.07) is 3.64. The van der Waals surface area contributed by atoms with Crippen molar-refractivity contribution < 1.29 is 8.78 Å². The van der Waals surface area contributed by atoms with Crippen LogP contribution in [0.5, 0.6) is 0 Å². The van der Waals surface area contributed by atoms with E-state index in [-0.39, 0.29) is 11.6 Å². The van der Waals surface area contributed by atoms with Gasteiger partial charge >= 0.3 is 0 Å². The number of nitrogens with one attached hydrogen (secondary N) is 1. The monoisotopic (exact) mass is 243 g/mol. The smallest absolute Gasteiger partial charge is 0.136 e. The molecular formula is C12H15F2NS. The summed E-state index contributed by atoms with van der Waals surface area (Å²) in [4.78, 5) is 0.425. The van der Waals surface area contributed by atoms with Gasteiger partial charge in [0.25, 0.3) is 0 Å². The minimum Gasteiger partial charge on any atom is -0.316 e. The molecule has 1 atom stereocenters. The van der Waals surface area contributed by atoms with Crippen molar-refractivity contribution in [3.63, 3.8) is 0 Å². The van der Waals surface area contributed by atoms with E-state index in [2.05, 4.69) is 5.32 Å². The van der Waals surface area contributed by atoms with Crippen molar-refractivity contribution in [2.45, 2.75) is 29.4 Å². The molecule has 16 heavy (non-hydrogen) atoms. The molecule has 0 radical (unpaired) electrons. The summed E-state index contributed by atoms with van der Waals surface area (Å²) < 4.78 is 26.4. The Morgan fingerprint density at radius 1 is 1.25 bits per heavy atom. The van der Waals surface area contributed by atoms with E-state index in [1.165, 1.54) is 30.3 Å². The van der Waals surface area contributed by atoms with Crippen molar-refractivity contribution in [1.29, 1.82) is 0 Å². The van der Waals surface area contributed by atoms with E-state index >= 15 is 0 Å². The average molecular weight is 243 g/mol. The van der Waals surface area contributed by atoms with E-state index in [1.54, 1.807) is 0 Å². The molecule has 1 nitrogen and oxygen atoms in total. The van der Waals surface area contributed by atoms with Gasteiger partial charge in [-0.2, -0.15) is 0 Å². The van der Waals surface area contributed by atoms with E-state index in [0.29, 0.717) is 10.1 Å². The van der Waals surface area contributed by atoms with Gasteiger partial charge in [-0.25, -0.2) is 8.78 Å². The van der Waals surface area contributed by atoms with Gasteiger partial charge in [0.1, 0.15) is 11.6 Å². The molecule has 0 saturated carbocycles. The third-order valence-corrected chi connectivity index (χ3v) is 3.99. The van der Waals surface area contributed by atoms with E-state index in [9.17, 15) is 8.78 Å². The molecule has 1 aliphatic rings. The Morgan fingerprint density at radius 2 is 2.12 bits per heavy atom. The molecule has 1 aromatic rings. The van der Waals surface area contributed by atoms with Crippen molar-refractivity contribution in [2.24, 2.45) is 0 Å². The molecule has 1 N–H and O–H groups in total. The molecule has 1 saturated heterocycles. The lowest BCUT2D eigenvalue weighted by Gasteiger charge is -2.14. The summed E-state index contributed by atoms with van der Waals surface area (Å²) in [7, 11) is 0. The van der Waals surface area contributed by atoms with Crippen LogP contribution in [0.1, 0.15) is 19.3 Å². The van der Waals surface area contributed by atoms with E-state index in [1.807, 2.05) is 0 Å². The summed E-state index contributed by atoms with van der Waals surface area (Å²) >= 11 is 1.44. The fourth-order valence-electron chi connectivity index (χ4n) is 1.83. The second-order valence-electron chi connectivity index (χ2n) is 4.01. The molecule has 0 bridgehead atoms. The van der Waals surface area contributed by atoms with Crippen LogP contribution in [-0.2, 0) is 0 Å². The van der Waals surface area contributed by atoms with E-state index < -0.39 is 0 Å². The summed E-state index contributed by atoms with van der Waals surface area (Å²) in [5, 5.41) is 3.66. The highest BCUT2D eigenvalue weighted by Crippen LogP contribution is 2.29. The minimum atomic E-state index is -0.370. The van der Waals surface area contributed by atoms with E-state index in [0.717, 1.165) is 32.0 Å². The Balaban J connectivity index is 2.04. The summed E-state index contributed by atoms with van der Waals surface area (Å²) in [5.41, 5.74) is 0. The number of hydrogen-bond donors (Lipinski definition) is 1. The van der Waals surface area contributed by atoms with Gasteiger partial charge in [0, 0.05) is 16.7 Å². The van der Waals surface area contributed by atoms with Crippen LogP contribution >= 0.6 is 11.8 Å². The molecule has 1 aliphatic heterocycles. The van der Waals surface area contributed by atoms with Gasteiger partial charge in [-0.15, -0.1) is 11.8 Å². The Kier molecular flexibility index (Phi) is 4.18. The molecule has 4 heteroatoms. The second kappa shape index (κ2) is 5.64. The molecule has 1 fully saturated rings. The molecule has 0 amide bonds. The molecule has 1 aromatic carbocycles. The first-order valence-corrected chi connectivity index (χ1v) is 6.46. The largest absolute Gasteiger partial charge is 0.316 e. The maximum Gasteiger partial charge on any atom is 0.136 e. The van der Waals surface area contributed by atoms with Crippen molar-refractivity contribution in [1.82, 2.24) is 5.32 Å². The molecule has 0 aromatic heterocycles. The molecule has 0 aliphatic carbocycles. The third kappa shape index (κ3) is 3.19. The lowest BCUT2D eigenvalue weighted by atomic mass is 10.2. The maximum atomic E-state index is 13.4. The second-order valence-corrected chi connectivity index (χ2v) is 5.36. The molecule has 2 rings (SSSR count). The third-order valence-electron chi connectivity index (χ3n) is 2.69. The molecule has 1 unspecified atom stereocenters. The molecule has 1 heterocycles. The van der Waals surface area contributed by atoms with Crippen LogP contribution in [0.25, 0.3) is 0 Å². The van der Waals surface area contributed by atoms with E-state index in [4.69, 9.17) is 0 Å². The van der Waals surface area contributed by atoms with Crippen LogP contribution < -0.4 is 5.32 Å². The average Bonchev–Trinajstić information content (AvgIpc) is 2.52. The Bertz CT molecular complexity index is 349. The van der Waals surface area contributed by atoms with Crippen molar-refractivity contribution in [3.05, 3.63) is 29.8 Å². The van der Waals surface area contributed by atoms with Gasteiger partial charge < -0.3 is 5.32 Å². The maximum absolute atomic E-state index is 13.4. The Morgan fingerprint density at radius 3 is 3.00 bits per heavy atom. The predicted molar refractivity (Wildman–Crippen MR) is 62.7 cm³/mol. The van der Waals surface area contributed by atoms with Crippen LogP contribution in [-0.4, -0.2) is 18.3 Å². The number of thioether (sulfide) groups is 1. The van der Waals surface area contributed by atoms with Crippen LogP contribution in [0, 0.1) is 11.6 Å².